The van der Waals surface area contributed by atoms with Crippen LogP contribution in [0.4, 0.5) is 4.39 Å². The van der Waals surface area contributed by atoms with Gasteiger partial charge in [-0.2, -0.15) is 0 Å². The Morgan fingerprint density at radius 1 is 1.44 bits per heavy atom. The fourth-order valence-corrected chi connectivity index (χ4v) is 3.11. The summed E-state index contributed by atoms with van der Waals surface area (Å²) in [6, 6.07) is 6.07. The van der Waals surface area contributed by atoms with Gasteiger partial charge in [0, 0.05) is 4.90 Å². The van der Waals surface area contributed by atoms with E-state index in [0.717, 1.165) is 11.8 Å². The standard InChI is InChI=1S/C11H11FO3S/c12-8-3-1-2-4-9(8)16-11(10(14)15)5-7(13)6-11/h1-4,7,13H,5-6H2,(H,14,15). The molecule has 1 aliphatic carbocycles. The van der Waals surface area contributed by atoms with Gasteiger partial charge in [-0.25, -0.2) is 4.39 Å². The minimum absolute atomic E-state index is 0.168. The van der Waals surface area contributed by atoms with Crippen molar-refractivity contribution in [2.45, 2.75) is 28.6 Å². The molecule has 16 heavy (non-hydrogen) atoms. The van der Waals surface area contributed by atoms with Gasteiger partial charge in [0.1, 0.15) is 10.6 Å². The topological polar surface area (TPSA) is 57.5 Å². The number of hydrogen-bond donors (Lipinski definition) is 2. The summed E-state index contributed by atoms with van der Waals surface area (Å²) in [6.45, 7) is 0. The fourth-order valence-electron chi connectivity index (χ4n) is 1.74. The molecule has 3 nitrogen and oxygen atoms in total. The molecule has 0 radical (unpaired) electrons. The van der Waals surface area contributed by atoms with Crippen LogP contribution < -0.4 is 0 Å². The lowest BCUT2D eigenvalue weighted by molar-refractivity contribution is -0.145. The Morgan fingerprint density at radius 3 is 2.56 bits per heavy atom. The number of rotatable bonds is 3. The van der Waals surface area contributed by atoms with Crippen molar-refractivity contribution >= 4 is 17.7 Å². The molecule has 1 aliphatic rings. The van der Waals surface area contributed by atoms with Crippen LogP contribution in [0.5, 0.6) is 0 Å². The van der Waals surface area contributed by atoms with Crippen molar-refractivity contribution in [1.29, 1.82) is 0 Å². The van der Waals surface area contributed by atoms with Crippen LogP contribution in [-0.2, 0) is 4.79 Å². The summed E-state index contributed by atoms with van der Waals surface area (Å²) in [5.74, 6) is -1.42. The summed E-state index contributed by atoms with van der Waals surface area (Å²) in [4.78, 5) is 11.4. The first-order chi connectivity index (χ1) is 7.53. The third-order valence-corrected chi connectivity index (χ3v) is 4.11. The Bertz CT molecular complexity index is 415. The summed E-state index contributed by atoms with van der Waals surface area (Å²) in [5, 5.41) is 18.3. The van der Waals surface area contributed by atoms with Crippen LogP contribution in [0.25, 0.3) is 0 Å². The van der Waals surface area contributed by atoms with E-state index in [1.165, 1.54) is 6.07 Å². The van der Waals surface area contributed by atoms with Crippen LogP contribution in [0, 0.1) is 5.82 Å². The summed E-state index contributed by atoms with van der Waals surface area (Å²) in [6.07, 6.45) is -0.252. The maximum atomic E-state index is 13.4. The van der Waals surface area contributed by atoms with E-state index in [2.05, 4.69) is 0 Å². The van der Waals surface area contributed by atoms with Crippen LogP contribution in [-0.4, -0.2) is 27.0 Å². The molecule has 0 amide bonds. The Hall–Kier alpha value is -1.07. The van der Waals surface area contributed by atoms with Crippen LogP contribution in [0.15, 0.2) is 29.2 Å². The molecular formula is C11H11FO3S. The number of aliphatic hydroxyl groups is 1. The molecule has 0 atom stereocenters. The SMILES string of the molecule is O=C(O)C1(Sc2ccccc2F)CC(O)C1. The van der Waals surface area contributed by atoms with Crippen LogP contribution >= 0.6 is 11.8 Å². The van der Waals surface area contributed by atoms with Crippen molar-refractivity contribution in [2.24, 2.45) is 0 Å². The molecule has 0 spiro atoms. The number of carboxylic acid groups (broad SMARTS) is 1. The number of halogens is 1. The summed E-state index contributed by atoms with van der Waals surface area (Å²) in [5.41, 5.74) is 0. The van der Waals surface area contributed by atoms with Gasteiger partial charge in [0.2, 0.25) is 0 Å². The largest absolute Gasteiger partial charge is 0.480 e. The molecule has 2 N–H and O–H groups in total. The maximum Gasteiger partial charge on any atom is 0.320 e. The number of aliphatic carboxylic acids is 1. The monoisotopic (exact) mass is 242 g/mol. The van der Waals surface area contributed by atoms with E-state index >= 15 is 0 Å². The Balaban J connectivity index is 2.20. The number of benzene rings is 1. The van der Waals surface area contributed by atoms with Crippen molar-refractivity contribution in [2.75, 3.05) is 0 Å². The number of carboxylic acids is 1. The zero-order valence-electron chi connectivity index (χ0n) is 8.39. The first-order valence-corrected chi connectivity index (χ1v) is 5.70. The number of carbonyl (C=O) groups is 1. The fraction of sp³-hybridized carbons (Fsp3) is 0.364. The minimum Gasteiger partial charge on any atom is -0.480 e. The van der Waals surface area contributed by atoms with Crippen molar-refractivity contribution in [3.63, 3.8) is 0 Å². The van der Waals surface area contributed by atoms with Gasteiger partial charge in [0.15, 0.2) is 0 Å². The van der Waals surface area contributed by atoms with Crippen molar-refractivity contribution < 1.29 is 19.4 Å². The van der Waals surface area contributed by atoms with E-state index in [-0.39, 0.29) is 12.8 Å². The summed E-state index contributed by atoms with van der Waals surface area (Å²) < 4.78 is 12.3. The van der Waals surface area contributed by atoms with Crippen molar-refractivity contribution in [3.05, 3.63) is 30.1 Å². The maximum absolute atomic E-state index is 13.4. The normalized spacial score (nSPS) is 28.5. The molecule has 1 aromatic carbocycles. The Kier molecular flexibility index (Phi) is 2.90. The van der Waals surface area contributed by atoms with E-state index < -0.39 is 22.6 Å². The molecule has 1 saturated carbocycles. The molecule has 1 fully saturated rings. The summed E-state index contributed by atoms with van der Waals surface area (Å²) >= 11 is 0.982. The molecule has 2 rings (SSSR count). The second kappa shape index (κ2) is 4.07. The third-order valence-electron chi connectivity index (χ3n) is 2.66. The van der Waals surface area contributed by atoms with Gasteiger partial charge >= 0.3 is 5.97 Å². The Morgan fingerprint density at radius 2 is 2.06 bits per heavy atom. The number of thioether (sulfide) groups is 1. The predicted octanol–water partition coefficient (Wildman–Crippen LogP) is 1.90. The molecule has 86 valence electrons. The highest BCUT2D eigenvalue weighted by molar-refractivity contribution is 8.01. The molecule has 0 aromatic heterocycles. The van der Waals surface area contributed by atoms with Gasteiger partial charge in [-0.05, 0) is 25.0 Å². The van der Waals surface area contributed by atoms with Crippen molar-refractivity contribution in [1.82, 2.24) is 0 Å². The lowest BCUT2D eigenvalue weighted by Crippen LogP contribution is -2.50. The van der Waals surface area contributed by atoms with E-state index in [1.54, 1.807) is 18.2 Å². The zero-order valence-corrected chi connectivity index (χ0v) is 9.21. The van der Waals surface area contributed by atoms with E-state index in [1.807, 2.05) is 0 Å². The van der Waals surface area contributed by atoms with Gasteiger partial charge in [-0.3, -0.25) is 4.79 Å². The molecule has 0 heterocycles. The molecule has 1 aromatic rings. The molecule has 0 bridgehead atoms. The molecule has 5 heteroatoms. The third kappa shape index (κ3) is 1.92. The lowest BCUT2D eigenvalue weighted by Gasteiger charge is -2.40. The van der Waals surface area contributed by atoms with Crippen LogP contribution in [0.1, 0.15) is 12.8 Å². The van der Waals surface area contributed by atoms with Gasteiger partial charge in [0.25, 0.3) is 0 Å². The average molecular weight is 242 g/mol. The first-order valence-electron chi connectivity index (χ1n) is 4.88. The van der Waals surface area contributed by atoms with Crippen molar-refractivity contribution in [3.8, 4) is 0 Å². The first kappa shape index (κ1) is 11.4. The highest BCUT2D eigenvalue weighted by atomic mass is 32.2. The average Bonchev–Trinajstić information content (AvgIpc) is 2.18. The number of aliphatic hydroxyl groups excluding tert-OH is 1. The molecule has 0 saturated heterocycles. The smallest absolute Gasteiger partial charge is 0.320 e. The highest BCUT2D eigenvalue weighted by Gasteiger charge is 2.51. The second-order valence-corrected chi connectivity index (χ2v) is 5.32. The zero-order chi connectivity index (χ0) is 11.8. The number of hydrogen-bond acceptors (Lipinski definition) is 3. The Labute approximate surface area is 96.3 Å². The van der Waals surface area contributed by atoms with E-state index in [0.29, 0.717) is 4.90 Å². The van der Waals surface area contributed by atoms with Crippen LogP contribution in [0.2, 0.25) is 0 Å². The van der Waals surface area contributed by atoms with Crippen LogP contribution in [0.3, 0.4) is 0 Å². The second-order valence-electron chi connectivity index (χ2n) is 3.89. The molecule has 0 aliphatic heterocycles. The summed E-state index contributed by atoms with van der Waals surface area (Å²) in [7, 11) is 0. The van der Waals surface area contributed by atoms with Gasteiger partial charge in [-0.15, -0.1) is 11.8 Å². The minimum atomic E-state index is -1.07. The highest BCUT2D eigenvalue weighted by Crippen LogP contribution is 2.48. The molecule has 0 unspecified atom stereocenters. The lowest BCUT2D eigenvalue weighted by atomic mass is 9.81. The van der Waals surface area contributed by atoms with Gasteiger partial charge in [-0.1, -0.05) is 12.1 Å². The van der Waals surface area contributed by atoms with Gasteiger partial charge in [0.05, 0.1) is 6.10 Å². The van der Waals surface area contributed by atoms with Gasteiger partial charge < -0.3 is 10.2 Å². The molecular weight excluding hydrogens is 231 g/mol. The van der Waals surface area contributed by atoms with E-state index in [4.69, 9.17) is 5.11 Å². The van der Waals surface area contributed by atoms with E-state index in [9.17, 15) is 14.3 Å². The quantitative estimate of drug-likeness (QED) is 0.850. The predicted molar refractivity (Wildman–Crippen MR) is 57.9 cm³/mol.